The predicted octanol–water partition coefficient (Wildman–Crippen LogP) is 3.79. The van der Waals surface area contributed by atoms with E-state index in [-0.39, 0.29) is 0 Å². The summed E-state index contributed by atoms with van der Waals surface area (Å²) < 4.78 is 1.86. The summed E-state index contributed by atoms with van der Waals surface area (Å²) in [6.07, 6.45) is 7.37. The van der Waals surface area contributed by atoms with Gasteiger partial charge in [0.1, 0.15) is 0 Å². The van der Waals surface area contributed by atoms with E-state index in [0.29, 0.717) is 0 Å². The molecule has 0 atom stereocenters. The van der Waals surface area contributed by atoms with Gasteiger partial charge in [-0.2, -0.15) is 5.10 Å². The maximum Gasteiger partial charge on any atom is 0.153 e. The van der Waals surface area contributed by atoms with Gasteiger partial charge in [-0.05, 0) is 48.4 Å². The highest BCUT2D eigenvalue weighted by Crippen LogP contribution is 2.27. The summed E-state index contributed by atoms with van der Waals surface area (Å²) in [5.41, 5.74) is 4.56. The van der Waals surface area contributed by atoms with E-state index in [9.17, 15) is 0 Å². The lowest BCUT2D eigenvalue weighted by atomic mass is 10.0. The van der Waals surface area contributed by atoms with Crippen molar-refractivity contribution in [3.05, 3.63) is 72.8 Å². The molecule has 4 aromatic rings. The second kappa shape index (κ2) is 5.07. The van der Waals surface area contributed by atoms with Crippen LogP contribution < -0.4 is 0 Å². The molecule has 0 radical (unpaired) electrons. The second-order valence-electron chi connectivity index (χ2n) is 5.21. The Bertz CT molecular complexity index is 942. The molecule has 0 amide bonds. The molecular formula is C18H14N4. The summed E-state index contributed by atoms with van der Waals surface area (Å²) in [6.45, 7) is 2.10. The topological polar surface area (TPSA) is 43.6 Å². The Labute approximate surface area is 128 Å². The van der Waals surface area contributed by atoms with Crippen LogP contribution in [0.2, 0.25) is 0 Å². The van der Waals surface area contributed by atoms with Gasteiger partial charge in [-0.15, -0.1) is 0 Å². The lowest BCUT2D eigenvalue weighted by Crippen LogP contribution is -1.98. The van der Waals surface area contributed by atoms with Gasteiger partial charge in [-0.3, -0.25) is 4.98 Å². The number of rotatable bonds is 2. The third-order valence-corrected chi connectivity index (χ3v) is 3.78. The van der Waals surface area contributed by atoms with Gasteiger partial charge < -0.3 is 0 Å². The van der Waals surface area contributed by atoms with E-state index < -0.39 is 0 Å². The van der Waals surface area contributed by atoms with Gasteiger partial charge in [0.2, 0.25) is 0 Å². The average Bonchev–Trinajstić information content (AvgIpc) is 2.99. The standard InChI is InChI=1S/C18H14N4/c1-13-7-9-19-12-16(13)14-5-6-17-15(10-14)11-21-22(17)18-4-2-3-8-20-18/h2-12H,1H3. The molecule has 106 valence electrons. The minimum atomic E-state index is 0.822. The lowest BCUT2D eigenvalue weighted by molar-refractivity contribution is 0.875. The maximum atomic E-state index is 4.46. The van der Waals surface area contributed by atoms with E-state index in [4.69, 9.17) is 0 Å². The van der Waals surface area contributed by atoms with Crippen molar-refractivity contribution in [1.29, 1.82) is 0 Å². The van der Waals surface area contributed by atoms with Crippen molar-refractivity contribution >= 4 is 10.9 Å². The van der Waals surface area contributed by atoms with E-state index in [2.05, 4.69) is 40.2 Å². The summed E-state index contributed by atoms with van der Waals surface area (Å²) >= 11 is 0. The first-order chi connectivity index (χ1) is 10.8. The van der Waals surface area contributed by atoms with E-state index in [0.717, 1.165) is 27.8 Å². The smallest absolute Gasteiger partial charge is 0.153 e. The van der Waals surface area contributed by atoms with E-state index in [1.807, 2.05) is 47.5 Å². The minimum Gasteiger partial charge on any atom is -0.264 e. The highest BCUT2D eigenvalue weighted by molar-refractivity contribution is 5.85. The minimum absolute atomic E-state index is 0.822. The van der Waals surface area contributed by atoms with Crippen LogP contribution in [0.25, 0.3) is 27.8 Å². The monoisotopic (exact) mass is 286 g/mol. The molecule has 0 N–H and O–H groups in total. The van der Waals surface area contributed by atoms with Gasteiger partial charge in [0.15, 0.2) is 5.82 Å². The van der Waals surface area contributed by atoms with Crippen LogP contribution in [-0.4, -0.2) is 19.7 Å². The highest BCUT2D eigenvalue weighted by atomic mass is 15.3. The zero-order valence-electron chi connectivity index (χ0n) is 12.1. The Morgan fingerprint density at radius 3 is 2.73 bits per heavy atom. The van der Waals surface area contributed by atoms with Crippen molar-refractivity contribution in [2.75, 3.05) is 0 Å². The van der Waals surface area contributed by atoms with Crippen molar-refractivity contribution in [1.82, 2.24) is 19.7 Å². The number of hydrogen-bond donors (Lipinski definition) is 0. The number of nitrogens with zero attached hydrogens (tertiary/aromatic N) is 4. The Kier molecular flexibility index (Phi) is 2.93. The molecule has 3 aromatic heterocycles. The van der Waals surface area contributed by atoms with Gasteiger partial charge >= 0.3 is 0 Å². The molecule has 22 heavy (non-hydrogen) atoms. The first-order valence-electron chi connectivity index (χ1n) is 7.13. The van der Waals surface area contributed by atoms with Crippen LogP contribution in [-0.2, 0) is 0 Å². The van der Waals surface area contributed by atoms with Crippen LogP contribution in [0.5, 0.6) is 0 Å². The number of hydrogen-bond acceptors (Lipinski definition) is 3. The normalized spacial score (nSPS) is 11.0. The van der Waals surface area contributed by atoms with Gasteiger partial charge in [-0.25, -0.2) is 9.67 Å². The van der Waals surface area contributed by atoms with Crippen LogP contribution >= 0.6 is 0 Å². The fraction of sp³-hybridized carbons (Fsp3) is 0.0556. The summed E-state index contributed by atoms with van der Waals surface area (Å²) in [4.78, 5) is 8.58. The molecule has 0 saturated carbocycles. The van der Waals surface area contributed by atoms with Gasteiger partial charge in [0, 0.05) is 29.5 Å². The first-order valence-corrected chi connectivity index (χ1v) is 7.13. The number of aromatic nitrogens is 4. The summed E-state index contributed by atoms with van der Waals surface area (Å²) in [7, 11) is 0. The molecular weight excluding hydrogens is 272 g/mol. The predicted molar refractivity (Wildman–Crippen MR) is 86.8 cm³/mol. The summed E-state index contributed by atoms with van der Waals surface area (Å²) in [6, 6.07) is 14.2. The van der Waals surface area contributed by atoms with E-state index in [1.54, 1.807) is 6.20 Å². The van der Waals surface area contributed by atoms with E-state index >= 15 is 0 Å². The van der Waals surface area contributed by atoms with Gasteiger partial charge in [0.05, 0.1) is 11.7 Å². The molecule has 0 unspecified atom stereocenters. The molecule has 4 rings (SSSR count). The molecule has 4 nitrogen and oxygen atoms in total. The Balaban J connectivity index is 1.86. The zero-order valence-corrected chi connectivity index (χ0v) is 12.1. The van der Waals surface area contributed by atoms with Crippen LogP contribution in [0.1, 0.15) is 5.56 Å². The fourth-order valence-electron chi connectivity index (χ4n) is 2.63. The van der Waals surface area contributed by atoms with Gasteiger partial charge in [-0.1, -0.05) is 12.1 Å². The summed E-state index contributed by atoms with van der Waals surface area (Å²) in [5.74, 6) is 0.822. The Morgan fingerprint density at radius 1 is 0.955 bits per heavy atom. The third-order valence-electron chi connectivity index (χ3n) is 3.78. The largest absolute Gasteiger partial charge is 0.264 e. The molecule has 0 spiro atoms. The van der Waals surface area contributed by atoms with Crippen molar-refractivity contribution < 1.29 is 0 Å². The maximum absolute atomic E-state index is 4.46. The average molecular weight is 286 g/mol. The molecule has 1 aromatic carbocycles. The SMILES string of the molecule is Cc1ccncc1-c1ccc2c(cnn2-c2ccccn2)c1. The number of fused-ring (bicyclic) bond motifs is 1. The van der Waals surface area contributed by atoms with Crippen LogP contribution in [0.15, 0.2) is 67.3 Å². The second-order valence-corrected chi connectivity index (χ2v) is 5.21. The quantitative estimate of drug-likeness (QED) is 0.563. The molecule has 0 aliphatic rings. The van der Waals surface area contributed by atoms with E-state index in [1.165, 1.54) is 5.56 Å². The molecule has 3 heterocycles. The molecule has 4 heteroatoms. The molecule has 0 aliphatic carbocycles. The first kappa shape index (κ1) is 12.7. The Hall–Kier alpha value is -3.01. The third kappa shape index (κ3) is 2.05. The van der Waals surface area contributed by atoms with Crippen LogP contribution in [0.4, 0.5) is 0 Å². The van der Waals surface area contributed by atoms with Crippen molar-refractivity contribution in [2.24, 2.45) is 0 Å². The van der Waals surface area contributed by atoms with Crippen LogP contribution in [0, 0.1) is 6.92 Å². The van der Waals surface area contributed by atoms with Crippen molar-refractivity contribution in [2.45, 2.75) is 6.92 Å². The molecule has 0 fully saturated rings. The number of benzene rings is 1. The highest BCUT2D eigenvalue weighted by Gasteiger charge is 2.08. The summed E-state index contributed by atoms with van der Waals surface area (Å²) in [5, 5.41) is 5.55. The number of aryl methyl sites for hydroxylation is 1. The molecule has 0 aliphatic heterocycles. The number of pyridine rings is 2. The fourth-order valence-corrected chi connectivity index (χ4v) is 2.63. The van der Waals surface area contributed by atoms with Gasteiger partial charge in [0.25, 0.3) is 0 Å². The molecule has 0 saturated heterocycles. The molecule has 0 bridgehead atoms. The van der Waals surface area contributed by atoms with Crippen molar-refractivity contribution in [3.63, 3.8) is 0 Å². The zero-order chi connectivity index (χ0) is 14.9. The lowest BCUT2D eigenvalue weighted by Gasteiger charge is -2.06. The van der Waals surface area contributed by atoms with Crippen LogP contribution in [0.3, 0.4) is 0 Å². The van der Waals surface area contributed by atoms with Crippen molar-refractivity contribution in [3.8, 4) is 16.9 Å². The Morgan fingerprint density at radius 2 is 1.91 bits per heavy atom.